The monoisotopic (exact) mass is 216 g/mol. The van der Waals surface area contributed by atoms with Crippen molar-refractivity contribution in [1.82, 2.24) is 5.32 Å². The van der Waals surface area contributed by atoms with Gasteiger partial charge in [0.25, 0.3) is 0 Å². The minimum absolute atomic E-state index is 0.0424. The average Bonchev–Trinajstić information content (AvgIpc) is 2.20. The fourth-order valence-corrected chi connectivity index (χ4v) is 1.03. The van der Waals surface area contributed by atoms with Gasteiger partial charge in [-0.1, -0.05) is 13.8 Å². The summed E-state index contributed by atoms with van der Waals surface area (Å²) in [5, 5.41) is 2.82. The highest BCUT2D eigenvalue weighted by Gasteiger charge is 2.08. The van der Waals surface area contributed by atoms with Gasteiger partial charge in [-0.2, -0.15) is 0 Å². The minimum atomic E-state index is 0.0424. The molecule has 4 nitrogen and oxygen atoms in total. The van der Waals surface area contributed by atoms with E-state index in [9.17, 15) is 4.79 Å². The van der Waals surface area contributed by atoms with Crippen LogP contribution in [-0.2, 0) is 9.53 Å². The van der Waals surface area contributed by atoms with E-state index >= 15 is 0 Å². The number of carbonyl (C=O) groups is 1. The van der Waals surface area contributed by atoms with Crippen molar-refractivity contribution in [2.45, 2.75) is 39.7 Å². The van der Waals surface area contributed by atoms with Gasteiger partial charge in [-0.3, -0.25) is 4.79 Å². The quantitative estimate of drug-likeness (QED) is 0.593. The summed E-state index contributed by atoms with van der Waals surface area (Å²) in [4.78, 5) is 11.3. The van der Waals surface area contributed by atoms with Gasteiger partial charge in [0, 0.05) is 32.2 Å². The van der Waals surface area contributed by atoms with E-state index in [-0.39, 0.29) is 11.9 Å². The molecule has 15 heavy (non-hydrogen) atoms. The van der Waals surface area contributed by atoms with E-state index in [1.807, 2.05) is 20.8 Å². The first-order chi connectivity index (χ1) is 7.07. The van der Waals surface area contributed by atoms with E-state index in [1.165, 1.54) is 0 Å². The molecule has 0 aromatic rings. The molecular formula is C11H24N2O2. The predicted octanol–water partition coefficient (Wildman–Crippen LogP) is 0.903. The SMILES string of the molecule is CCOCCCC(=O)NCC(N)C(C)C. The van der Waals surface area contributed by atoms with E-state index in [1.54, 1.807) is 0 Å². The second kappa shape index (κ2) is 8.68. The number of hydrogen-bond acceptors (Lipinski definition) is 3. The predicted molar refractivity (Wildman–Crippen MR) is 61.6 cm³/mol. The lowest BCUT2D eigenvalue weighted by atomic mass is 10.1. The Morgan fingerprint density at radius 1 is 1.47 bits per heavy atom. The topological polar surface area (TPSA) is 64.3 Å². The molecular weight excluding hydrogens is 192 g/mol. The molecule has 0 radical (unpaired) electrons. The largest absolute Gasteiger partial charge is 0.382 e. The van der Waals surface area contributed by atoms with Gasteiger partial charge in [-0.15, -0.1) is 0 Å². The zero-order valence-corrected chi connectivity index (χ0v) is 10.1. The van der Waals surface area contributed by atoms with Gasteiger partial charge in [-0.25, -0.2) is 0 Å². The van der Waals surface area contributed by atoms with Gasteiger partial charge in [-0.05, 0) is 19.3 Å². The van der Waals surface area contributed by atoms with Crippen molar-refractivity contribution in [2.24, 2.45) is 11.7 Å². The molecule has 1 unspecified atom stereocenters. The smallest absolute Gasteiger partial charge is 0.220 e. The molecule has 1 atom stereocenters. The lowest BCUT2D eigenvalue weighted by Gasteiger charge is -2.16. The Balaban J connectivity index is 3.41. The molecule has 0 rings (SSSR count). The maximum Gasteiger partial charge on any atom is 0.220 e. The molecule has 0 aliphatic carbocycles. The molecule has 0 heterocycles. The summed E-state index contributed by atoms with van der Waals surface area (Å²) in [6, 6.07) is 0.0424. The molecule has 3 N–H and O–H groups in total. The summed E-state index contributed by atoms with van der Waals surface area (Å²) in [7, 11) is 0. The van der Waals surface area contributed by atoms with Crippen LogP contribution < -0.4 is 11.1 Å². The highest BCUT2D eigenvalue weighted by molar-refractivity contribution is 5.75. The summed E-state index contributed by atoms with van der Waals surface area (Å²) in [6.45, 7) is 7.96. The van der Waals surface area contributed by atoms with E-state index in [4.69, 9.17) is 10.5 Å². The highest BCUT2D eigenvalue weighted by Crippen LogP contribution is 1.97. The van der Waals surface area contributed by atoms with Crippen LogP contribution >= 0.6 is 0 Å². The first-order valence-corrected chi connectivity index (χ1v) is 5.68. The van der Waals surface area contributed by atoms with E-state index in [0.29, 0.717) is 32.1 Å². The lowest BCUT2D eigenvalue weighted by molar-refractivity contribution is -0.121. The Hall–Kier alpha value is -0.610. The normalized spacial score (nSPS) is 12.9. The van der Waals surface area contributed by atoms with E-state index < -0.39 is 0 Å². The maximum absolute atomic E-state index is 11.3. The van der Waals surface area contributed by atoms with E-state index in [2.05, 4.69) is 5.32 Å². The number of hydrogen-bond donors (Lipinski definition) is 2. The van der Waals surface area contributed by atoms with Crippen LogP contribution in [0.4, 0.5) is 0 Å². The third-order valence-electron chi connectivity index (χ3n) is 2.29. The number of nitrogens with two attached hydrogens (primary N) is 1. The van der Waals surface area contributed by atoms with Crippen LogP contribution in [0.25, 0.3) is 0 Å². The van der Waals surface area contributed by atoms with Crippen molar-refractivity contribution in [3.8, 4) is 0 Å². The summed E-state index contributed by atoms with van der Waals surface area (Å²) >= 11 is 0. The first-order valence-electron chi connectivity index (χ1n) is 5.68. The zero-order valence-electron chi connectivity index (χ0n) is 10.1. The van der Waals surface area contributed by atoms with Crippen LogP contribution in [-0.4, -0.2) is 31.7 Å². The number of rotatable bonds is 8. The second-order valence-corrected chi connectivity index (χ2v) is 4.01. The van der Waals surface area contributed by atoms with E-state index in [0.717, 1.165) is 6.42 Å². The molecule has 0 spiro atoms. The summed E-state index contributed by atoms with van der Waals surface area (Å²) < 4.78 is 5.14. The Morgan fingerprint density at radius 3 is 2.67 bits per heavy atom. The molecule has 0 bridgehead atoms. The number of nitrogens with one attached hydrogen (secondary N) is 1. The van der Waals surface area contributed by atoms with Crippen molar-refractivity contribution >= 4 is 5.91 Å². The van der Waals surface area contributed by atoms with Gasteiger partial charge in [0.2, 0.25) is 5.91 Å². The van der Waals surface area contributed by atoms with Crippen molar-refractivity contribution in [3.63, 3.8) is 0 Å². The van der Waals surface area contributed by atoms with Crippen LogP contribution in [0.15, 0.2) is 0 Å². The summed E-state index contributed by atoms with van der Waals surface area (Å²) in [5.41, 5.74) is 5.80. The molecule has 0 saturated heterocycles. The van der Waals surface area contributed by atoms with Crippen LogP contribution in [0, 0.1) is 5.92 Å². The lowest BCUT2D eigenvalue weighted by Crippen LogP contribution is -2.40. The molecule has 4 heteroatoms. The molecule has 0 aliphatic rings. The van der Waals surface area contributed by atoms with Crippen LogP contribution in [0.5, 0.6) is 0 Å². The van der Waals surface area contributed by atoms with Crippen molar-refractivity contribution in [3.05, 3.63) is 0 Å². The van der Waals surface area contributed by atoms with Gasteiger partial charge < -0.3 is 15.8 Å². The Kier molecular flexibility index (Phi) is 8.33. The fourth-order valence-electron chi connectivity index (χ4n) is 1.03. The average molecular weight is 216 g/mol. The van der Waals surface area contributed by atoms with Crippen LogP contribution in [0.3, 0.4) is 0 Å². The van der Waals surface area contributed by atoms with Crippen molar-refractivity contribution in [2.75, 3.05) is 19.8 Å². The van der Waals surface area contributed by atoms with Gasteiger partial charge in [0.1, 0.15) is 0 Å². The molecule has 1 amide bonds. The highest BCUT2D eigenvalue weighted by atomic mass is 16.5. The summed E-state index contributed by atoms with van der Waals surface area (Å²) in [5.74, 6) is 0.458. The Labute approximate surface area is 92.6 Å². The van der Waals surface area contributed by atoms with Crippen LogP contribution in [0.2, 0.25) is 0 Å². The molecule has 0 aliphatic heterocycles. The van der Waals surface area contributed by atoms with Gasteiger partial charge >= 0.3 is 0 Å². The Bertz CT molecular complexity index is 172. The third-order valence-corrected chi connectivity index (χ3v) is 2.29. The second-order valence-electron chi connectivity index (χ2n) is 4.01. The number of ether oxygens (including phenoxy) is 1. The van der Waals surface area contributed by atoms with Crippen LogP contribution in [0.1, 0.15) is 33.6 Å². The van der Waals surface area contributed by atoms with Crippen molar-refractivity contribution in [1.29, 1.82) is 0 Å². The zero-order chi connectivity index (χ0) is 11.7. The van der Waals surface area contributed by atoms with Gasteiger partial charge in [0.15, 0.2) is 0 Å². The van der Waals surface area contributed by atoms with Crippen molar-refractivity contribution < 1.29 is 9.53 Å². The minimum Gasteiger partial charge on any atom is -0.382 e. The Morgan fingerprint density at radius 2 is 2.13 bits per heavy atom. The summed E-state index contributed by atoms with van der Waals surface area (Å²) in [6.07, 6.45) is 1.29. The maximum atomic E-state index is 11.3. The fraction of sp³-hybridized carbons (Fsp3) is 0.909. The molecule has 0 aromatic carbocycles. The third kappa shape index (κ3) is 8.39. The molecule has 90 valence electrons. The molecule has 0 aromatic heterocycles. The molecule has 0 fully saturated rings. The number of amides is 1. The molecule has 0 saturated carbocycles. The first kappa shape index (κ1) is 14.4. The number of carbonyl (C=O) groups excluding carboxylic acids is 1. The standard InChI is InChI=1S/C11H24N2O2/c1-4-15-7-5-6-11(14)13-8-10(12)9(2)3/h9-10H,4-8,12H2,1-3H3,(H,13,14). The van der Waals surface area contributed by atoms with Gasteiger partial charge in [0.05, 0.1) is 0 Å².